The Balaban J connectivity index is 1.43. The van der Waals surface area contributed by atoms with E-state index in [0.29, 0.717) is 55.2 Å². The molecule has 1 amide bonds. The molecule has 0 atom stereocenters. The Morgan fingerprint density at radius 2 is 2.00 bits per heavy atom. The number of carbonyl (C=O) groups excluding carboxylic acids is 1. The molecule has 10 nitrogen and oxygen atoms in total. The van der Waals surface area contributed by atoms with Gasteiger partial charge in [0.1, 0.15) is 22.7 Å². The minimum atomic E-state index is -0.246. The molecule has 36 heavy (non-hydrogen) atoms. The van der Waals surface area contributed by atoms with Crippen LogP contribution in [0, 0.1) is 6.92 Å². The van der Waals surface area contributed by atoms with Gasteiger partial charge in [-0.2, -0.15) is 0 Å². The van der Waals surface area contributed by atoms with Gasteiger partial charge in [-0.25, -0.2) is 4.63 Å². The molecule has 1 aliphatic rings. The van der Waals surface area contributed by atoms with Gasteiger partial charge in [0.25, 0.3) is 11.5 Å². The minimum Gasteiger partial charge on any atom is -0.496 e. The zero-order chi connectivity index (χ0) is 25.2. The highest BCUT2D eigenvalue weighted by Crippen LogP contribution is 2.26. The van der Waals surface area contributed by atoms with Crippen LogP contribution in [0.1, 0.15) is 33.0 Å². The number of hydrogen-bond donors (Lipinski definition) is 0. The zero-order valence-electron chi connectivity index (χ0n) is 20.6. The van der Waals surface area contributed by atoms with Gasteiger partial charge in [0.05, 0.1) is 19.2 Å². The van der Waals surface area contributed by atoms with Crippen LogP contribution in [-0.2, 0) is 26.1 Å². The predicted molar refractivity (Wildman–Crippen MR) is 133 cm³/mol. The summed E-state index contributed by atoms with van der Waals surface area (Å²) in [6.45, 7) is 4.55. The Morgan fingerprint density at radius 1 is 1.17 bits per heavy atom. The van der Waals surface area contributed by atoms with Crippen LogP contribution < -0.4 is 10.3 Å². The Bertz CT molecular complexity index is 1470. The number of methoxy groups -OCH3 is 1. The number of rotatable bonds is 6. The highest BCUT2D eigenvalue weighted by Gasteiger charge is 2.28. The van der Waals surface area contributed by atoms with Crippen LogP contribution >= 0.6 is 0 Å². The van der Waals surface area contributed by atoms with Crippen LogP contribution in [0.15, 0.2) is 52.0 Å². The summed E-state index contributed by atoms with van der Waals surface area (Å²) in [4.78, 5) is 35.0. The molecule has 1 aromatic carbocycles. The van der Waals surface area contributed by atoms with Gasteiger partial charge in [0, 0.05) is 63.0 Å². The molecule has 186 valence electrons. The van der Waals surface area contributed by atoms with E-state index in [9.17, 15) is 9.59 Å². The summed E-state index contributed by atoms with van der Waals surface area (Å²) >= 11 is 0. The van der Waals surface area contributed by atoms with Gasteiger partial charge < -0.3 is 14.2 Å². The van der Waals surface area contributed by atoms with Crippen molar-refractivity contribution in [2.45, 2.75) is 33.0 Å². The first-order chi connectivity index (χ1) is 17.5. The number of pyridine rings is 2. The fourth-order valence-corrected chi connectivity index (χ4v) is 4.76. The van der Waals surface area contributed by atoms with E-state index in [1.165, 1.54) is 13.2 Å². The first-order valence-electron chi connectivity index (χ1n) is 11.9. The van der Waals surface area contributed by atoms with E-state index in [1.807, 2.05) is 12.1 Å². The van der Waals surface area contributed by atoms with Gasteiger partial charge in [-0.15, -0.1) is 0 Å². The Hall–Kier alpha value is -4.05. The van der Waals surface area contributed by atoms with Crippen LogP contribution in [0.4, 0.5) is 0 Å². The lowest BCUT2D eigenvalue weighted by Crippen LogP contribution is -2.32. The number of ether oxygens (including phenoxy) is 1. The third kappa shape index (κ3) is 4.47. The quantitative estimate of drug-likeness (QED) is 0.407. The van der Waals surface area contributed by atoms with Gasteiger partial charge in [-0.05, 0) is 18.6 Å². The highest BCUT2D eigenvalue weighted by molar-refractivity contribution is 5.98. The largest absolute Gasteiger partial charge is 0.496 e. The highest BCUT2D eigenvalue weighted by atomic mass is 16.6. The minimum absolute atomic E-state index is 0.175. The lowest BCUT2D eigenvalue weighted by atomic mass is 10.1. The zero-order valence-corrected chi connectivity index (χ0v) is 20.6. The molecule has 3 aromatic heterocycles. The molecule has 0 unspecified atom stereocenters. The van der Waals surface area contributed by atoms with Crippen LogP contribution in [0.5, 0.6) is 5.75 Å². The molecule has 0 spiro atoms. The number of benzene rings is 1. The van der Waals surface area contributed by atoms with Crippen molar-refractivity contribution in [3.63, 3.8) is 0 Å². The van der Waals surface area contributed by atoms with Gasteiger partial charge in [-0.1, -0.05) is 34.6 Å². The maximum Gasteiger partial charge on any atom is 0.259 e. The molecule has 0 radical (unpaired) electrons. The first-order valence-corrected chi connectivity index (χ1v) is 11.9. The second-order valence-corrected chi connectivity index (χ2v) is 9.00. The standard InChI is InChI=1S/C26H28N6O4/c1-17-20(29-36-28-17)16-30(2)26(34)24-21-9-11-31(12-13-32(21)23(33)14-22(24)35-3)15-19-7-4-6-18-8-5-10-27-25(18)19/h4-8,10,14H,9,11-13,15-16H2,1-3H3. The molecule has 1 aliphatic heterocycles. The number of carbonyl (C=O) groups is 1. The number of aryl methyl sites for hydroxylation is 1. The number of nitrogens with zero attached hydrogens (tertiary/aromatic N) is 6. The summed E-state index contributed by atoms with van der Waals surface area (Å²) in [5, 5.41) is 8.77. The molecule has 0 N–H and O–H groups in total. The van der Waals surface area contributed by atoms with Crippen LogP contribution in [0.25, 0.3) is 10.9 Å². The Morgan fingerprint density at radius 3 is 2.78 bits per heavy atom. The van der Waals surface area contributed by atoms with Gasteiger partial charge in [-0.3, -0.25) is 19.5 Å². The summed E-state index contributed by atoms with van der Waals surface area (Å²) in [5.41, 5.74) is 4.24. The number of amides is 1. The van der Waals surface area contributed by atoms with Crippen LogP contribution in [0.2, 0.25) is 0 Å². The normalized spacial score (nSPS) is 13.9. The van der Waals surface area contributed by atoms with Crippen molar-refractivity contribution in [3.05, 3.63) is 81.2 Å². The summed E-state index contributed by atoms with van der Waals surface area (Å²) in [5.74, 6) is 0.0366. The van der Waals surface area contributed by atoms with E-state index < -0.39 is 0 Å². The van der Waals surface area contributed by atoms with Crippen molar-refractivity contribution in [1.29, 1.82) is 0 Å². The molecule has 0 fully saturated rings. The monoisotopic (exact) mass is 488 g/mol. The van der Waals surface area contributed by atoms with E-state index in [2.05, 4.69) is 38.4 Å². The smallest absolute Gasteiger partial charge is 0.259 e. The Kier molecular flexibility index (Phi) is 6.51. The fourth-order valence-electron chi connectivity index (χ4n) is 4.76. The second-order valence-electron chi connectivity index (χ2n) is 9.00. The number of para-hydroxylation sites is 1. The van der Waals surface area contributed by atoms with Crippen LogP contribution in [-0.4, -0.2) is 62.8 Å². The van der Waals surface area contributed by atoms with Gasteiger partial charge in [0.2, 0.25) is 0 Å². The molecule has 0 aliphatic carbocycles. The van der Waals surface area contributed by atoms with Crippen molar-refractivity contribution >= 4 is 16.8 Å². The molecule has 5 rings (SSSR count). The number of fused-ring (bicyclic) bond motifs is 2. The van der Waals surface area contributed by atoms with Gasteiger partial charge in [0.15, 0.2) is 0 Å². The van der Waals surface area contributed by atoms with Crippen LogP contribution in [0.3, 0.4) is 0 Å². The molecular formula is C26H28N6O4. The summed E-state index contributed by atoms with van der Waals surface area (Å²) in [6.07, 6.45) is 2.34. The van der Waals surface area contributed by atoms with E-state index in [1.54, 1.807) is 29.6 Å². The second kappa shape index (κ2) is 9.90. The summed E-state index contributed by atoms with van der Waals surface area (Å²) in [6, 6.07) is 11.6. The summed E-state index contributed by atoms with van der Waals surface area (Å²) in [7, 11) is 3.17. The van der Waals surface area contributed by atoms with Gasteiger partial charge >= 0.3 is 0 Å². The van der Waals surface area contributed by atoms with E-state index in [4.69, 9.17) is 9.37 Å². The third-order valence-electron chi connectivity index (χ3n) is 6.71. The van der Waals surface area contributed by atoms with Crippen molar-refractivity contribution in [1.82, 2.24) is 29.7 Å². The first kappa shape index (κ1) is 23.7. The van der Waals surface area contributed by atoms with E-state index >= 15 is 0 Å². The Labute approximate surface area is 208 Å². The maximum atomic E-state index is 13.6. The number of aromatic nitrogens is 4. The lowest BCUT2D eigenvalue weighted by Gasteiger charge is -2.21. The van der Waals surface area contributed by atoms with Crippen molar-refractivity contribution in [2.75, 3.05) is 27.2 Å². The molecule has 0 bridgehead atoms. The van der Waals surface area contributed by atoms with E-state index in [0.717, 1.165) is 16.5 Å². The molecule has 4 aromatic rings. The maximum absolute atomic E-state index is 13.6. The van der Waals surface area contributed by atoms with Crippen molar-refractivity contribution in [2.24, 2.45) is 0 Å². The average Bonchev–Trinajstić information content (AvgIpc) is 3.16. The molecule has 10 heteroatoms. The fraction of sp³-hybridized carbons (Fsp3) is 0.346. The lowest BCUT2D eigenvalue weighted by molar-refractivity contribution is 0.0776. The SMILES string of the molecule is COc1cc(=O)n2c(c1C(=O)N(C)Cc1nonc1C)CCN(Cc1cccc3cccnc13)CC2. The summed E-state index contributed by atoms with van der Waals surface area (Å²) < 4.78 is 12.0. The molecular weight excluding hydrogens is 460 g/mol. The molecule has 0 saturated carbocycles. The predicted octanol–water partition coefficient (Wildman–Crippen LogP) is 2.43. The average molecular weight is 489 g/mol. The van der Waals surface area contributed by atoms with Crippen molar-refractivity contribution in [3.8, 4) is 5.75 Å². The number of hydrogen-bond acceptors (Lipinski definition) is 8. The van der Waals surface area contributed by atoms with Crippen molar-refractivity contribution < 1.29 is 14.2 Å². The topological polar surface area (TPSA) is 107 Å². The third-order valence-corrected chi connectivity index (χ3v) is 6.71. The van der Waals surface area contributed by atoms with E-state index in [-0.39, 0.29) is 23.8 Å². The molecule has 0 saturated heterocycles. The molecule has 4 heterocycles.